The molecule has 5 rings (SSSR count). The number of fused-ring (bicyclic) bond motifs is 3. The maximum absolute atomic E-state index is 13.4. The first-order valence-corrected chi connectivity index (χ1v) is 10.1. The molecule has 0 saturated carbocycles. The van der Waals surface area contributed by atoms with Crippen molar-refractivity contribution < 1.29 is 9.18 Å². The predicted molar refractivity (Wildman–Crippen MR) is 117 cm³/mol. The van der Waals surface area contributed by atoms with Crippen LogP contribution in [0, 0.1) is 12.7 Å². The highest BCUT2D eigenvalue weighted by molar-refractivity contribution is 5.94. The van der Waals surface area contributed by atoms with Crippen LogP contribution in [0.3, 0.4) is 0 Å². The summed E-state index contributed by atoms with van der Waals surface area (Å²) in [5, 5.41) is 13.2. The van der Waals surface area contributed by atoms with Gasteiger partial charge in [0.25, 0.3) is 5.91 Å². The molecular formula is C24H19FN6O. The van der Waals surface area contributed by atoms with Crippen LogP contribution in [0.15, 0.2) is 73.1 Å². The molecule has 158 valence electrons. The molecule has 3 aromatic heterocycles. The third-order valence-corrected chi connectivity index (χ3v) is 5.33. The monoisotopic (exact) mass is 426 g/mol. The first-order valence-electron chi connectivity index (χ1n) is 10.1. The minimum absolute atomic E-state index is 0.219. The number of halogens is 1. The zero-order valence-corrected chi connectivity index (χ0v) is 17.3. The molecule has 0 spiro atoms. The first-order chi connectivity index (χ1) is 15.6. The Morgan fingerprint density at radius 2 is 1.91 bits per heavy atom. The van der Waals surface area contributed by atoms with E-state index in [2.05, 4.69) is 26.6 Å². The molecule has 0 radical (unpaired) electrons. The summed E-state index contributed by atoms with van der Waals surface area (Å²) in [5.41, 5.74) is 4.70. The zero-order chi connectivity index (χ0) is 22.1. The molecular weight excluding hydrogens is 407 g/mol. The van der Waals surface area contributed by atoms with E-state index in [1.165, 1.54) is 24.3 Å². The summed E-state index contributed by atoms with van der Waals surface area (Å²) in [7, 11) is 0. The number of benzene rings is 2. The molecule has 0 unspecified atom stereocenters. The fourth-order valence-electron chi connectivity index (χ4n) is 3.79. The van der Waals surface area contributed by atoms with Gasteiger partial charge in [-0.2, -0.15) is 4.52 Å². The Kier molecular flexibility index (Phi) is 5.03. The van der Waals surface area contributed by atoms with Gasteiger partial charge in [-0.05, 0) is 71.4 Å². The average molecular weight is 426 g/mol. The van der Waals surface area contributed by atoms with Crippen LogP contribution in [-0.2, 0) is 13.1 Å². The van der Waals surface area contributed by atoms with E-state index in [0.29, 0.717) is 17.8 Å². The fraction of sp³-hybridized carbons (Fsp3) is 0.125. The predicted octanol–water partition coefficient (Wildman–Crippen LogP) is 3.96. The summed E-state index contributed by atoms with van der Waals surface area (Å²) < 4.78 is 15.1. The number of hydrogen-bond donors (Lipinski definition) is 0. The maximum atomic E-state index is 13.4. The highest BCUT2D eigenvalue weighted by Gasteiger charge is 2.20. The molecule has 0 aliphatic carbocycles. The van der Waals surface area contributed by atoms with Crippen molar-refractivity contribution in [3.8, 4) is 0 Å². The molecule has 7 nitrogen and oxygen atoms in total. The van der Waals surface area contributed by atoms with E-state index >= 15 is 0 Å². The molecule has 0 fully saturated rings. The average Bonchev–Trinajstić information content (AvgIpc) is 3.30. The normalized spacial score (nSPS) is 11.2. The Hall–Kier alpha value is -4.20. The molecule has 2 aromatic carbocycles. The first kappa shape index (κ1) is 19.7. The second kappa shape index (κ2) is 8.14. The number of aromatic nitrogens is 5. The Morgan fingerprint density at radius 3 is 2.69 bits per heavy atom. The number of hydrogen-bond acceptors (Lipinski definition) is 5. The lowest BCUT2D eigenvalue weighted by atomic mass is 10.1. The van der Waals surface area contributed by atoms with E-state index < -0.39 is 0 Å². The smallest absolute Gasteiger partial charge is 0.254 e. The van der Waals surface area contributed by atoms with Gasteiger partial charge in [-0.15, -0.1) is 5.10 Å². The molecule has 3 heterocycles. The Labute approximate surface area is 183 Å². The van der Waals surface area contributed by atoms with Gasteiger partial charge in [-0.1, -0.05) is 17.7 Å². The second-order valence-corrected chi connectivity index (χ2v) is 7.68. The summed E-state index contributed by atoms with van der Waals surface area (Å²) in [6, 6.07) is 17.4. The lowest BCUT2D eigenvalue weighted by molar-refractivity contribution is 0.0730. The van der Waals surface area contributed by atoms with Gasteiger partial charge in [-0.25, -0.2) is 4.39 Å². The van der Waals surface area contributed by atoms with Crippen LogP contribution in [0.5, 0.6) is 0 Å². The Bertz CT molecular complexity index is 1420. The molecule has 0 bridgehead atoms. The molecule has 0 N–H and O–H groups in total. The summed E-state index contributed by atoms with van der Waals surface area (Å²) in [6.07, 6.45) is 3.41. The third-order valence-electron chi connectivity index (χ3n) is 5.33. The molecule has 0 aliphatic rings. The Balaban J connectivity index is 1.58. The van der Waals surface area contributed by atoms with Crippen molar-refractivity contribution in [2.24, 2.45) is 0 Å². The maximum Gasteiger partial charge on any atom is 0.254 e. The molecule has 5 aromatic rings. The molecule has 0 saturated heterocycles. The van der Waals surface area contributed by atoms with Crippen LogP contribution in [0.4, 0.5) is 4.39 Å². The van der Waals surface area contributed by atoms with Crippen LogP contribution < -0.4 is 0 Å². The van der Waals surface area contributed by atoms with Crippen LogP contribution in [0.2, 0.25) is 0 Å². The van der Waals surface area contributed by atoms with E-state index in [4.69, 9.17) is 0 Å². The van der Waals surface area contributed by atoms with E-state index in [0.717, 1.165) is 27.6 Å². The zero-order valence-electron chi connectivity index (χ0n) is 17.3. The van der Waals surface area contributed by atoms with Gasteiger partial charge >= 0.3 is 0 Å². The van der Waals surface area contributed by atoms with Crippen LogP contribution in [0.1, 0.15) is 27.0 Å². The largest absolute Gasteiger partial charge is 0.330 e. The standard InChI is InChI=1S/C24H19FN6O/c1-16-4-9-22-19(11-16)12-20(23-27-28-29-31(22)23)15-30(14-17-3-2-10-26-13-17)24(32)18-5-7-21(25)8-6-18/h2-13H,14-15H2,1H3. The molecule has 0 atom stereocenters. The van der Waals surface area contributed by atoms with Crippen LogP contribution in [-0.4, -0.2) is 35.8 Å². The van der Waals surface area contributed by atoms with Gasteiger partial charge in [0.05, 0.1) is 12.1 Å². The van der Waals surface area contributed by atoms with Gasteiger partial charge in [0.1, 0.15) is 5.82 Å². The van der Waals surface area contributed by atoms with E-state index in [-0.39, 0.29) is 18.3 Å². The number of amides is 1. The van der Waals surface area contributed by atoms with Crippen LogP contribution >= 0.6 is 0 Å². The second-order valence-electron chi connectivity index (χ2n) is 7.68. The lowest BCUT2D eigenvalue weighted by Gasteiger charge is -2.23. The number of nitrogens with zero attached hydrogens (tertiary/aromatic N) is 6. The topological polar surface area (TPSA) is 76.3 Å². The van der Waals surface area contributed by atoms with E-state index in [1.807, 2.05) is 37.3 Å². The SMILES string of the molecule is Cc1ccc2c(c1)cc(CN(Cc1cccnc1)C(=O)c1ccc(F)cc1)c1nnnn12. The number of tetrazole rings is 1. The highest BCUT2D eigenvalue weighted by Crippen LogP contribution is 2.23. The molecule has 32 heavy (non-hydrogen) atoms. The van der Waals surface area contributed by atoms with Gasteiger partial charge in [0.2, 0.25) is 0 Å². The van der Waals surface area contributed by atoms with Crippen molar-refractivity contribution in [3.05, 3.63) is 101 Å². The lowest BCUT2D eigenvalue weighted by Crippen LogP contribution is -2.30. The number of rotatable bonds is 5. The highest BCUT2D eigenvalue weighted by atomic mass is 19.1. The van der Waals surface area contributed by atoms with Crippen molar-refractivity contribution in [3.63, 3.8) is 0 Å². The number of pyridine rings is 2. The third kappa shape index (κ3) is 3.78. The van der Waals surface area contributed by atoms with Gasteiger partial charge < -0.3 is 4.90 Å². The number of carbonyl (C=O) groups is 1. The van der Waals surface area contributed by atoms with E-state index in [9.17, 15) is 9.18 Å². The number of carbonyl (C=O) groups excluding carboxylic acids is 1. The van der Waals surface area contributed by atoms with Crippen molar-refractivity contribution in [1.82, 2.24) is 29.9 Å². The minimum Gasteiger partial charge on any atom is -0.330 e. The fourth-order valence-corrected chi connectivity index (χ4v) is 3.79. The summed E-state index contributed by atoms with van der Waals surface area (Å²) in [6.45, 7) is 2.64. The van der Waals surface area contributed by atoms with Crippen LogP contribution in [0.25, 0.3) is 16.6 Å². The summed E-state index contributed by atoms with van der Waals surface area (Å²) in [5.74, 6) is -0.606. The molecule has 1 amide bonds. The number of aryl methyl sites for hydroxylation is 1. The quantitative estimate of drug-likeness (QED) is 0.425. The van der Waals surface area contributed by atoms with Gasteiger partial charge in [-0.3, -0.25) is 9.78 Å². The van der Waals surface area contributed by atoms with E-state index in [1.54, 1.807) is 21.8 Å². The van der Waals surface area contributed by atoms with Crippen molar-refractivity contribution in [1.29, 1.82) is 0 Å². The minimum atomic E-state index is -0.387. The molecule has 8 heteroatoms. The Morgan fingerprint density at radius 1 is 1.06 bits per heavy atom. The summed E-state index contributed by atoms with van der Waals surface area (Å²) >= 11 is 0. The van der Waals surface area contributed by atoms with Gasteiger partial charge in [0.15, 0.2) is 5.65 Å². The molecule has 0 aliphatic heterocycles. The van der Waals surface area contributed by atoms with Crippen molar-refractivity contribution in [2.45, 2.75) is 20.0 Å². The van der Waals surface area contributed by atoms with Crippen molar-refractivity contribution >= 4 is 22.5 Å². The van der Waals surface area contributed by atoms with Crippen molar-refractivity contribution in [2.75, 3.05) is 0 Å². The summed E-state index contributed by atoms with van der Waals surface area (Å²) in [4.78, 5) is 19.2. The van der Waals surface area contributed by atoms with Gasteiger partial charge in [0, 0.05) is 35.5 Å².